The maximum absolute atomic E-state index is 15.5. The minimum atomic E-state index is -0.895. The molecule has 1 fully saturated rings. The van der Waals surface area contributed by atoms with E-state index in [1.165, 1.54) is 30.3 Å². The van der Waals surface area contributed by atoms with Gasteiger partial charge in [-0.15, -0.1) is 0 Å². The van der Waals surface area contributed by atoms with E-state index in [-0.39, 0.29) is 22.1 Å². The van der Waals surface area contributed by atoms with Crippen molar-refractivity contribution in [3.05, 3.63) is 124 Å². The van der Waals surface area contributed by atoms with Gasteiger partial charge in [0.15, 0.2) is 23.1 Å². The highest BCUT2D eigenvalue weighted by atomic mass is 35.5. The summed E-state index contributed by atoms with van der Waals surface area (Å²) >= 11 is 6.61. The summed E-state index contributed by atoms with van der Waals surface area (Å²) in [7, 11) is 3.68. The normalized spacial score (nSPS) is 13.7. The third-order valence-corrected chi connectivity index (χ3v) is 9.60. The number of ether oxygens (including phenoxy) is 3. The highest BCUT2D eigenvalue weighted by Crippen LogP contribution is 2.38. The van der Waals surface area contributed by atoms with Crippen LogP contribution in [-0.4, -0.2) is 78.7 Å². The summed E-state index contributed by atoms with van der Waals surface area (Å²) in [4.78, 5) is 36.5. The van der Waals surface area contributed by atoms with Gasteiger partial charge in [0.1, 0.15) is 17.1 Å². The molecule has 1 aliphatic heterocycles. The summed E-state index contributed by atoms with van der Waals surface area (Å²) in [5.41, 5.74) is -0.389. The van der Waals surface area contributed by atoms with E-state index in [2.05, 4.69) is 27.1 Å². The number of nitrogens with zero attached hydrogens (tertiary/aromatic N) is 4. The first kappa shape index (κ1) is 35.8. The van der Waals surface area contributed by atoms with Crippen LogP contribution in [0.4, 0.5) is 14.5 Å². The number of hydrogen-bond donors (Lipinski definition) is 1. The number of benzene rings is 4. The van der Waals surface area contributed by atoms with Crippen molar-refractivity contribution in [1.82, 2.24) is 19.4 Å². The van der Waals surface area contributed by atoms with Crippen molar-refractivity contribution in [1.29, 1.82) is 0 Å². The zero-order valence-electron chi connectivity index (χ0n) is 29.1. The lowest BCUT2D eigenvalue weighted by atomic mass is 10.1. The molecule has 0 atom stereocenters. The minimum absolute atomic E-state index is 0.0385. The molecular formula is C40H36ClF2N5O5. The number of piperazine rings is 1. The molecule has 2 aromatic heterocycles. The standard InChI is InChI=1S/C40H36ClF2N5O5/c1-46-17-19-47(20-18-46)16-7-21-52-36-24-30-27(23-35(36)51-2)33(14-15-44-30)53-34-13-12-25(22-29(34)43)45-39(49)37-38(41)26-8-3-5-10-31(26)48(40(37)50)32-11-6-4-9-28(32)42/h3-6,8-15,22-24H,7,16-21H2,1-2H3,(H,45,49). The van der Waals surface area contributed by atoms with Crippen LogP contribution in [0, 0.1) is 11.6 Å². The van der Waals surface area contributed by atoms with E-state index in [4.69, 9.17) is 25.8 Å². The van der Waals surface area contributed by atoms with Gasteiger partial charge in [-0.2, -0.15) is 0 Å². The number of anilines is 1. The van der Waals surface area contributed by atoms with Crippen LogP contribution in [0.1, 0.15) is 16.8 Å². The van der Waals surface area contributed by atoms with Crippen LogP contribution < -0.4 is 25.1 Å². The maximum atomic E-state index is 15.5. The number of aromatic nitrogens is 2. The number of hydrogen-bond acceptors (Lipinski definition) is 8. The van der Waals surface area contributed by atoms with Crippen molar-refractivity contribution in [2.75, 3.05) is 58.8 Å². The monoisotopic (exact) mass is 739 g/mol. The molecule has 0 unspecified atom stereocenters. The predicted molar refractivity (Wildman–Crippen MR) is 201 cm³/mol. The average molecular weight is 740 g/mol. The lowest BCUT2D eigenvalue weighted by Crippen LogP contribution is -2.44. The van der Waals surface area contributed by atoms with Gasteiger partial charge in [-0.25, -0.2) is 8.78 Å². The summed E-state index contributed by atoms with van der Waals surface area (Å²) in [5, 5.41) is 3.37. The molecule has 13 heteroatoms. The second-order valence-corrected chi connectivity index (χ2v) is 13.1. The Labute approximate surface area is 309 Å². The Morgan fingerprint density at radius 3 is 2.42 bits per heavy atom. The van der Waals surface area contributed by atoms with E-state index >= 15 is 4.39 Å². The Morgan fingerprint density at radius 1 is 0.868 bits per heavy atom. The largest absolute Gasteiger partial charge is 0.493 e. The predicted octanol–water partition coefficient (Wildman–Crippen LogP) is 7.54. The van der Waals surface area contributed by atoms with Gasteiger partial charge in [0.05, 0.1) is 35.5 Å². The first-order valence-corrected chi connectivity index (χ1v) is 17.5. The second kappa shape index (κ2) is 15.6. The molecule has 1 N–H and O–H groups in total. The number of amides is 1. The summed E-state index contributed by atoms with van der Waals surface area (Å²) in [6.45, 7) is 5.66. The Kier molecular flexibility index (Phi) is 10.5. The summed E-state index contributed by atoms with van der Waals surface area (Å²) < 4.78 is 49.3. The summed E-state index contributed by atoms with van der Waals surface area (Å²) in [6, 6.07) is 21.3. The number of halogens is 3. The quantitative estimate of drug-likeness (QED) is 0.136. The molecule has 3 heterocycles. The van der Waals surface area contributed by atoms with Crippen molar-refractivity contribution in [2.24, 2.45) is 0 Å². The van der Waals surface area contributed by atoms with Crippen LogP contribution in [0.15, 0.2) is 95.9 Å². The van der Waals surface area contributed by atoms with Gasteiger partial charge in [0.25, 0.3) is 11.5 Å². The molecule has 1 saturated heterocycles. The van der Waals surface area contributed by atoms with E-state index in [0.717, 1.165) is 49.8 Å². The average Bonchev–Trinajstić information content (AvgIpc) is 3.16. The Balaban J connectivity index is 1.09. The number of nitrogens with one attached hydrogen (secondary N) is 1. The third kappa shape index (κ3) is 7.52. The van der Waals surface area contributed by atoms with E-state index in [9.17, 15) is 14.0 Å². The summed E-state index contributed by atoms with van der Waals surface area (Å²) in [6.07, 6.45) is 2.41. The molecule has 272 valence electrons. The fourth-order valence-electron chi connectivity index (χ4n) is 6.38. The molecule has 0 bridgehead atoms. The topological polar surface area (TPSA) is 98.2 Å². The smallest absolute Gasteiger partial charge is 0.270 e. The molecule has 10 nitrogen and oxygen atoms in total. The highest BCUT2D eigenvalue weighted by molar-refractivity contribution is 6.39. The Bertz CT molecular complexity index is 2380. The van der Waals surface area contributed by atoms with E-state index in [1.807, 2.05) is 0 Å². The number of likely N-dealkylation sites (N-methyl/N-ethyl adjacent to an activating group) is 1. The van der Waals surface area contributed by atoms with Crippen LogP contribution in [0.25, 0.3) is 27.5 Å². The number of pyridine rings is 2. The summed E-state index contributed by atoms with van der Waals surface area (Å²) in [5.74, 6) is -1.11. The molecule has 0 radical (unpaired) electrons. The number of para-hydroxylation sites is 2. The second-order valence-electron chi connectivity index (χ2n) is 12.7. The molecular weight excluding hydrogens is 704 g/mol. The molecule has 0 aliphatic carbocycles. The Hall–Kier alpha value is -5.56. The van der Waals surface area contributed by atoms with E-state index in [1.54, 1.807) is 61.8 Å². The molecule has 7 rings (SSSR count). The lowest BCUT2D eigenvalue weighted by molar-refractivity contribution is 0.102. The fourth-order valence-corrected chi connectivity index (χ4v) is 6.70. The number of carbonyl (C=O) groups is 1. The van der Waals surface area contributed by atoms with Crippen LogP contribution in [0.5, 0.6) is 23.0 Å². The number of fused-ring (bicyclic) bond motifs is 2. The van der Waals surface area contributed by atoms with Gasteiger partial charge >= 0.3 is 0 Å². The SMILES string of the molecule is COc1cc2c(Oc3ccc(NC(=O)c4c(Cl)c5ccccc5n(-c5ccccc5F)c4=O)cc3F)ccnc2cc1OCCCN1CCN(C)CC1. The lowest BCUT2D eigenvalue weighted by Gasteiger charge is -2.32. The van der Waals surface area contributed by atoms with Gasteiger partial charge in [-0.3, -0.25) is 19.1 Å². The van der Waals surface area contributed by atoms with Crippen molar-refractivity contribution < 1.29 is 27.8 Å². The van der Waals surface area contributed by atoms with E-state index < -0.39 is 28.7 Å². The first-order valence-electron chi connectivity index (χ1n) is 17.1. The van der Waals surface area contributed by atoms with Crippen LogP contribution in [0.2, 0.25) is 5.02 Å². The van der Waals surface area contributed by atoms with Crippen molar-refractivity contribution in [2.45, 2.75) is 6.42 Å². The van der Waals surface area contributed by atoms with Gasteiger partial charge in [0.2, 0.25) is 0 Å². The maximum Gasteiger partial charge on any atom is 0.270 e. The number of methoxy groups -OCH3 is 1. The van der Waals surface area contributed by atoms with Crippen molar-refractivity contribution in [3.8, 4) is 28.7 Å². The molecule has 1 amide bonds. The van der Waals surface area contributed by atoms with E-state index in [0.29, 0.717) is 45.7 Å². The highest BCUT2D eigenvalue weighted by Gasteiger charge is 2.24. The molecule has 1 aliphatic rings. The van der Waals surface area contributed by atoms with Gasteiger partial charge < -0.3 is 29.3 Å². The van der Waals surface area contributed by atoms with Gasteiger partial charge in [0, 0.05) is 67.5 Å². The zero-order chi connectivity index (χ0) is 37.1. The number of rotatable bonds is 11. The van der Waals surface area contributed by atoms with Gasteiger partial charge in [-0.05, 0) is 55.9 Å². The van der Waals surface area contributed by atoms with Gasteiger partial charge in [-0.1, -0.05) is 41.9 Å². The van der Waals surface area contributed by atoms with Crippen LogP contribution in [0.3, 0.4) is 0 Å². The molecule has 0 spiro atoms. The molecule has 6 aromatic rings. The van der Waals surface area contributed by atoms with Crippen molar-refractivity contribution in [3.63, 3.8) is 0 Å². The van der Waals surface area contributed by atoms with Crippen LogP contribution >= 0.6 is 11.6 Å². The third-order valence-electron chi connectivity index (χ3n) is 9.21. The molecule has 4 aromatic carbocycles. The fraction of sp³-hybridized carbons (Fsp3) is 0.225. The zero-order valence-corrected chi connectivity index (χ0v) is 29.8. The Morgan fingerprint density at radius 2 is 1.64 bits per heavy atom. The first-order chi connectivity index (χ1) is 25.7. The number of carbonyl (C=O) groups excluding carboxylic acids is 1. The van der Waals surface area contributed by atoms with Crippen molar-refractivity contribution >= 4 is 45.0 Å². The molecule has 0 saturated carbocycles. The molecule has 53 heavy (non-hydrogen) atoms. The minimum Gasteiger partial charge on any atom is -0.493 e. The van der Waals surface area contributed by atoms with Crippen LogP contribution in [-0.2, 0) is 0 Å².